The molecule has 0 aliphatic rings. The molecule has 0 saturated heterocycles. The standard InChI is InChI=1S/C13H16N4O2S/c1-3-14-11-5-4-6-12(13(11)17(18)19)16(2)7-10-8-20-9-15-10/h4-6,8-9,14H,3,7H2,1-2H3. The molecule has 1 aromatic heterocycles. The van der Waals surface area contributed by atoms with Crippen molar-refractivity contribution in [1.29, 1.82) is 0 Å². The number of nitrogens with zero attached hydrogens (tertiary/aromatic N) is 3. The molecule has 0 radical (unpaired) electrons. The van der Waals surface area contributed by atoms with Crippen molar-refractivity contribution in [2.24, 2.45) is 0 Å². The van der Waals surface area contributed by atoms with E-state index in [1.54, 1.807) is 17.6 Å². The number of anilines is 2. The van der Waals surface area contributed by atoms with E-state index in [-0.39, 0.29) is 10.6 Å². The van der Waals surface area contributed by atoms with E-state index in [9.17, 15) is 10.1 Å². The van der Waals surface area contributed by atoms with Gasteiger partial charge in [0.05, 0.1) is 22.7 Å². The number of nitro benzene ring substituents is 1. The van der Waals surface area contributed by atoms with Gasteiger partial charge in [0.2, 0.25) is 0 Å². The number of rotatable bonds is 6. The third-order valence-electron chi connectivity index (χ3n) is 2.86. The Morgan fingerprint density at radius 1 is 1.50 bits per heavy atom. The van der Waals surface area contributed by atoms with Crippen LogP contribution in [0.2, 0.25) is 0 Å². The zero-order valence-electron chi connectivity index (χ0n) is 11.4. The van der Waals surface area contributed by atoms with Crippen LogP contribution in [0.4, 0.5) is 17.1 Å². The van der Waals surface area contributed by atoms with Crippen LogP contribution < -0.4 is 10.2 Å². The molecule has 1 heterocycles. The maximum Gasteiger partial charge on any atom is 0.315 e. The molecule has 20 heavy (non-hydrogen) atoms. The Labute approximate surface area is 121 Å². The van der Waals surface area contributed by atoms with Gasteiger partial charge in [-0.05, 0) is 19.1 Å². The lowest BCUT2D eigenvalue weighted by Crippen LogP contribution is -2.18. The van der Waals surface area contributed by atoms with Gasteiger partial charge < -0.3 is 10.2 Å². The molecule has 1 N–H and O–H groups in total. The van der Waals surface area contributed by atoms with Crippen molar-refractivity contribution in [1.82, 2.24) is 4.98 Å². The van der Waals surface area contributed by atoms with Crippen LogP contribution in [0.1, 0.15) is 12.6 Å². The molecular weight excluding hydrogens is 276 g/mol. The van der Waals surface area contributed by atoms with Crippen molar-refractivity contribution in [3.8, 4) is 0 Å². The average molecular weight is 292 g/mol. The fraction of sp³-hybridized carbons (Fsp3) is 0.308. The number of nitro groups is 1. The van der Waals surface area contributed by atoms with Crippen LogP contribution in [-0.2, 0) is 6.54 Å². The van der Waals surface area contributed by atoms with E-state index in [0.29, 0.717) is 24.5 Å². The second-order valence-electron chi connectivity index (χ2n) is 4.30. The molecule has 0 spiro atoms. The number of benzene rings is 1. The summed E-state index contributed by atoms with van der Waals surface area (Å²) in [6.45, 7) is 3.09. The predicted molar refractivity (Wildman–Crippen MR) is 81.5 cm³/mol. The van der Waals surface area contributed by atoms with Crippen molar-refractivity contribution < 1.29 is 4.92 Å². The molecule has 0 bridgehead atoms. The zero-order valence-corrected chi connectivity index (χ0v) is 12.2. The summed E-state index contributed by atoms with van der Waals surface area (Å²) >= 11 is 1.51. The SMILES string of the molecule is CCNc1cccc(N(C)Cc2cscn2)c1[N+](=O)[O-]. The van der Waals surface area contributed by atoms with Crippen LogP contribution in [0, 0.1) is 10.1 Å². The van der Waals surface area contributed by atoms with Crippen molar-refractivity contribution in [2.75, 3.05) is 23.8 Å². The highest BCUT2D eigenvalue weighted by Gasteiger charge is 2.22. The van der Waals surface area contributed by atoms with Gasteiger partial charge in [-0.3, -0.25) is 10.1 Å². The van der Waals surface area contributed by atoms with Gasteiger partial charge in [0.1, 0.15) is 11.4 Å². The highest BCUT2D eigenvalue weighted by molar-refractivity contribution is 7.07. The molecule has 1 aromatic carbocycles. The van der Waals surface area contributed by atoms with Gasteiger partial charge in [0, 0.05) is 19.0 Å². The first-order chi connectivity index (χ1) is 9.63. The molecule has 6 nitrogen and oxygen atoms in total. The first-order valence-corrected chi connectivity index (χ1v) is 7.17. The highest BCUT2D eigenvalue weighted by Crippen LogP contribution is 2.35. The van der Waals surface area contributed by atoms with Crippen molar-refractivity contribution >= 4 is 28.4 Å². The summed E-state index contributed by atoms with van der Waals surface area (Å²) in [6.07, 6.45) is 0. The Morgan fingerprint density at radius 3 is 2.90 bits per heavy atom. The fourth-order valence-corrected chi connectivity index (χ4v) is 2.56. The van der Waals surface area contributed by atoms with Crippen LogP contribution in [0.3, 0.4) is 0 Å². The van der Waals surface area contributed by atoms with Crippen molar-refractivity contribution in [3.63, 3.8) is 0 Å². The summed E-state index contributed by atoms with van der Waals surface area (Å²) in [6, 6.07) is 5.30. The van der Waals surface area contributed by atoms with Gasteiger partial charge in [-0.15, -0.1) is 11.3 Å². The van der Waals surface area contributed by atoms with Crippen LogP contribution in [0.15, 0.2) is 29.1 Å². The summed E-state index contributed by atoms with van der Waals surface area (Å²) in [5, 5.41) is 16.3. The molecule has 0 unspecified atom stereocenters. The Bertz CT molecular complexity index is 586. The average Bonchev–Trinajstić information content (AvgIpc) is 2.91. The molecule has 0 atom stereocenters. The van der Waals surface area contributed by atoms with E-state index in [0.717, 1.165) is 5.69 Å². The molecule has 106 valence electrons. The van der Waals surface area contributed by atoms with Crippen molar-refractivity contribution in [2.45, 2.75) is 13.5 Å². The number of para-hydroxylation sites is 1. The molecular formula is C13H16N4O2S. The second-order valence-corrected chi connectivity index (χ2v) is 5.02. The van der Waals surface area contributed by atoms with E-state index < -0.39 is 0 Å². The highest BCUT2D eigenvalue weighted by atomic mass is 32.1. The third kappa shape index (κ3) is 3.05. The van der Waals surface area contributed by atoms with Gasteiger partial charge in [-0.1, -0.05) is 6.07 Å². The zero-order chi connectivity index (χ0) is 14.5. The normalized spacial score (nSPS) is 10.3. The lowest BCUT2D eigenvalue weighted by atomic mass is 10.2. The van der Waals surface area contributed by atoms with E-state index in [1.165, 1.54) is 11.3 Å². The molecule has 0 aliphatic heterocycles. The van der Waals surface area contributed by atoms with Gasteiger partial charge >= 0.3 is 5.69 Å². The predicted octanol–water partition coefficient (Wildman–Crippen LogP) is 3.12. The van der Waals surface area contributed by atoms with E-state index in [1.807, 2.05) is 30.3 Å². The summed E-state index contributed by atoms with van der Waals surface area (Å²) in [7, 11) is 1.83. The molecule has 2 rings (SSSR count). The van der Waals surface area contributed by atoms with E-state index in [4.69, 9.17) is 0 Å². The van der Waals surface area contributed by atoms with Gasteiger partial charge in [0.25, 0.3) is 0 Å². The van der Waals surface area contributed by atoms with E-state index in [2.05, 4.69) is 10.3 Å². The maximum absolute atomic E-state index is 11.3. The summed E-state index contributed by atoms with van der Waals surface area (Å²) in [4.78, 5) is 17.1. The first kappa shape index (κ1) is 14.3. The lowest BCUT2D eigenvalue weighted by Gasteiger charge is -2.19. The fourth-order valence-electron chi connectivity index (χ4n) is 2.01. The smallest absolute Gasteiger partial charge is 0.315 e. The van der Waals surface area contributed by atoms with Gasteiger partial charge in [0.15, 0.2) is 0 Å². The number of nitrogens with one attached hydrogen (secondary N) is 1. The largest absolute Gasteiger partial charge is 0.380 e. The van der Waals surface area contributed by atoms with Crippen LogP contribution >= 0.6 is 11.3 Å². The van der Waals surface area contributed by atoms with Crippen LogP contribution in [-0.4, -0.2) is 23.5 Å². The Balaban J connectivity index is 2.34. The Hall–Kier alpha value is -2.15. The Morgan fingerprint density at radius 2 is 2.30 bits per heavy atom. The minimum Gasteiger partial charge on any atom is -0.380 e. The summed E-state index contributed by atoms with van der Waals surface area (Å²) in [5.74, 6) is 0. The molecule has 0 saturated carbocycles. The maximum atomic E-state index is 11.3. The molecule has 7 heteroatoms. The van der Waals surface area contributed by atoms with E-state index >= 15 is 0 Å². The molecule has 0 amide bonds. The third-order valence-corrected chi connectivity index (χ3v) is 3.49. The van der Waals surface area contributed by atoms with Crippen LogP contribution in [0.5, 0.6) is 0 Å². The summed E-state index contributed by atoms with van der Waals surface area (Å²) < 4.78 is 0. The van der Waals surface area contributed by atoms with Gasteiger partial charge in [-0.25, -0.2) is 4.98 Å². The number of hydrogen-bond donors (Lipinski definition) is 1. The molecule has 0 fully saturated rings. The number of hydrogen-bond acceptors (Lipinski definition) is 6. The number of thiazole rings is 1. The summed E-state index contributed by atoms with van der Waals surface area (Å²) in [5.41, 5.74) is 3.89. The lowest BCUT2D eigenvalue weighted by molar-refractivity contribution is -0.383. The van der Waals surface area contributed by atoms with Gasteiger partial charge in [-0.2, -0.15) is 0 Å². The second kappa shape index (κ2) is 6.33. The first-order valence-electron chi connectivity index (χ1n) is 6.23. The monoisotopic (exact) mass is 292 g/mol. The molecule has 0 aliphatic carbocycles. The minimum atomic E-state index is -0.342. The minimum absolute atomic E-state index is 0.104. The molecule has 2 aromatic rings. The number of aromatic nitrogens is 1. The van der Waals surface area contributed by atoms with Crippen LogP contribution in [0.25, 0.3) is 0 Å². The quantitative estimate of drug-likeness (QED) is 0.654. The Kier molecular flexibility index (Phi) is 4.52. The topological polar surface area (TPSA) is 71.3 Å². The van der Waals surface area contributed by atoms with Crippen molar-refractivity contribution in [3.05, 3.63) is 44.9 Å².